The number of pyridine rings is 1. The highest BCUT2D eigenvalue weighted by molar-refractivity contribution is 5.87. The van der Waals surface area contributed by atoms with Crippen LogP contribution >= 0.6 is 0 Å². The van der Waals surface area contributed by atoms with Crippen molar-refractivity contribution in [2.75, 3.05) is 6.61 Å². The second-order valence-electron chi connectivity index (χ2n) is 3.18. The van der Waals surface area contributed by atoms with E-state index >= 15 is 0 Å². The molecule has 2 heterocycles. The van der Waals surface area contributed by atoms with Crippen molar-refractivity contribution in [3.63, 3.8) is 0 Å². The van der Waals surface area contributed by atoms with E-state index in [-0.39, 0.29) is 34.8 Å². The monoisotopic (exact) mass is 237 g/mol. The van der Waals surface area contributed by atoms with E-state index in [1.165, 1.54) is 12.5 Å². The first-order valence-electron chi connectivity index (χ1n) is 4.99. The quantitative estimate of drug-likeness (QED) is 0.463. The Kier molecular flexibility index (Phi) is 3.31. The van der Waals surface area contributed by atoms with Crippen LogP contribution in [-0.2, 0) is 16.4 Å². The summed E-state index contributed by atoms with van der Waals surface area (Å²) in [4.78, 5) is 20.9. The number of hydrogen-bond donors (Lipinski definition) is 2. The summed E-state index contributed by atoms with van der Waals surface area (Å²) in [6, 6.07) is 0. The van der Waals surface area contributed by atoms with Crippen LogP contribution in [0.5, 0.6) is 11.6 Å². The molecule has 0 amide bonds. The van der Waals surface area contributed by atoms with Crippen molar-refractivity contribution in [2.24, 2.45) is 0 Å². The molecule has 2 N–H and O–H groups in total. The van der Waals surface area contributed by atoms with Crippen molar-refractivity contribution >= 4 is 10.9 Å². The molecular weight excluding hydrogens is 226 g/mol. The molecule has 17 heavy (non-hydrogen) atoms. The van der Waals surface area contributed by atoms with Crippen LogP contribution in [0.25, 0.3) is 10.9 Å². The number of rotatable bonds is 4. The molecule has 0 fully saturated rings. The van der Waals surface area contributed by atoms with Gasteiger partial charge in [-0.2, -0.15) is 0 Å². The lowest BCUT2D eigenvalue weighted by Crippen LogP contribution is -1.99. The lowest BCUT2D eigenvalue weighted by molar-refractivity contribution is -0.301. The highest BCUT2D eigenvalue weighted by Crippen LogP contribution is 2.30. The zero-order chi connectivity index (χ0) is 12.3. The van der Waals surface area contributed by atoms with Crippen LogP contribution in [0, 0.1) is 0 Å². The van der Waals surface area contributed by atoms with Crippen LogP contribution < -0.4 is 0 Å². The van der Waals surface area contributed by atoms with Crippen LogP contribution in [0.2, 0.25) is 0 Å². The standard InChI is InChI=1S/C10H11N3O4/c1-2-16-17-4-7-9(14)8-6(10(15)13-7)3-11-5-12-8/h3,5,14H,2,4H2,1H3,(H,13,15). The average Bonchev–Trinajstić information content (AvgIpc) is 2.36. The SMILES string of the molecule is CCOOCc1nc(O)c2cncnc2c1O. The number of aromatic nitrogens is 3. The molecule has 2 aromatic heterocycles. The van der Waals surface area contributed by atoms with Gasteiger partial charge < -0.3 is 10.2 Å². The van der Waals surface area contributed by atoms with Gasteiger partial charge in [0.05, 0.1) is 12.0 Å². The van der Waals surface area contributed by atoms with Crippen molar-refractivity contribution in [3.8, 4) is 11.6 Å². The molecule has 0 aliphatic carbocycles. The third-order valence-corrected chi connectivity index (χ3v) is 2.09. The van der Waals surface area contributed by atoms with Gasteiger partial charge in [-0.05, 0) is 6.92 Å². The average molecular weight is 237 g/mol. The van der Waals surface area contributed by atoms with Gasteiger partial charge >= 0.3 is 0 Å². The minimum absolute atomic E-state index is 0.0762. The molecule has 0 bridgehead atoms. The van der Waals surface area contributed by atoms with Gasteiger partial charge in [0, 0.05) is 6.20 Å². The molecule has 0 aliphatic heterocycles. The van der Waals surface area contributed by atoms with Gasteiger partial charge in [0.1, 0.15) is 24.1 Å². The van der Waals surface area contributed by atoms with Gasteiger partial charge in [-0.3, -0.25) is 0 Å². The zero-order valence-electron chi connectivity index (χ0n) is 9.12. The molecule has 0 saturated carbocycles. The van der Waals surface area contributed by atoms with E-state index in [9.17, 15) is 10.2 Å². The van der Waals surface area contributed by atoms with Crippen LogP contribution in [0.4, 0.5) is 0 Å². The van der Waals surface area contributed by atoms with E-state index < -0.39 is 0 Å². The second kappa shape index (κ2) is 4.89. The molecule has 7 heteroatoms. The molecule has 7 nitrogen and oxygen atoms in total. The molecule has 2 rings (SSSR count). The summed E-state index contributed by atoms with van der Waals surface area (Å²) in [5.41, 5.74) is 0.379. The highest BCUT2D eigenvalue weighted by atomic mass is 17.2. The topological polar surface area (TPSA) is 97.6 Å². The molecule has 0 unspecified atom stereocenters. The van der Waals surface area contributed by atoms with Crippen molar-refractivity contribution in [2.45, 2.75) is 13.5 Å². The summed E-state index contributed by atoms with van der Waals surface area (Å²) in [6.45, 7) is 2.06. The lowest BCUT2D eigenvalue weighted by Gasteiger charge is -2.07. The van der Waals surface area contributed by atoms with E-state index in [2.05, 4.69) is 19.8 Å². The van der Waals surface area contributed by atoms with Crippen LogP contribution in [0.1, 0.15) is 12.6 Å². The molecule has 0 aromatic carbocycles. The Bertz CT molecular complexity index is 532. The summed E-state index contributed by atoms with van der Waals surface area (Å²) in [5.74, 6) is -0.409. The molecule has 90 valence electrons. The molecule has 0 aliphatic rings. The zero-order valence-corrected chi connectivity index (χ0v) is 9.12. The van der Waals surface area contributed by atoms with Crippen molar-refractivity contribution < 1.29 is 20.0 Å². The normalized spacial score (nSPS) is 10.9. The van der Waals surface area contributed by atoms with Crippen molar-refractivity contribution in [3.05, 3.63) is 18.2 Å². The van der Waals surface area contributed by atoms with Crippen molar-refractivity contribution in [1.82, 2.24) is 15.0 Å². The maximum absolute atomic E-state index is 9.87. The largest absolute Gasteiger partial charge is 0.504 e. The Morgan fingerprint density at radius 3 is 2.88 bits per heavy atom. The van der Waals surface area contributed by atoms with Crippen LogP contribution in [0.3, 0.4) is 0 Å². The predicted octanol–water partition coefficient (Wildman–Crippen LogP) is 0.904. The first-order valence-corrected chi connectivity index (χ1v) is 4.99. The number of fused-ring (bicyclic) bond motifs is 1. The highest BCUT2D eigenvalue weighted by Gasteiger charge is 2.14. The van der Waals surface area contributed by atoms with E-state index in [1.54, 1.807) is 6.92 Å². The van der Waals surface area contributed by atoms with Gasteiger partial charge in [-0.25, -0.2) is 24.7 Å². The molecular formula is C10H11N3O4. The van der Waals surface area contributed by atoms with E-state index in [0.29, 0.717) is 6.61 Å². The lowest BCUT2D eigenvalue weighted by atomic mass is 10.2. The van der Waals surface area contributed by atoms with Crippen molar-refractivity contribution in [1.29, 1.82) is 0 Å². The Morgan fingerprint density at radius 2 is 2.12 bits per heavy atom. The van der Waals surface area contributed by atoms with E-state index in [0.717, 1.165) is 0 Å². The van der Waals surface area contributed by atoms with Gasteiger partial charge in [0.2, 0.25) is 5.88 Å². The Hall–Kier alpha value is -1.99. The molecule has 2 aromatic rings. The first kappa shape index (κ1) is 11.5. The number of hydrogen-bond acceptors (Lipinski definition) is 7. The fourth-order valence-electron chi connectivity index (χ4n) is 1.34. The molecule has 0 radical (unpaired) electrons. The molecule has 0 saturated heterocycles. The number of aromatic hydroxyl groups is 2. The summed E-state index contributed by atoms with van der Waals surface area (Å²) in [6.07, 6.45) is 2.65. The maximum Gasteiger partial charge on any atom is 0.222 e. The fourth-order valence-corrected chi connectivity index (χ4v) is 1.34. The van der Waals surface area contributed by atoms with Gasteiger partial charge in [0.15, 0.2) is 5.75 Å². The molecule has 0 spiro atoms. The third kappa shape index (κ3) is 2.24. The van der Waals surface area contributed by atoms with E-state index in [4.69, 9.17) is 4.89 Å². The second-order valence-corrected chi connectivity index (χ2v) is 3.18. The Balaban J connectivity index is 2.40. The smallest absolute Gasteiger partial charge is 0.222 e. The summed E-state index contributed by atoms with van der Waals surface area (Å²) >= 11 is 0. The minimum atomic E-state index is -0.256. The fraction of sp³-hybridized carbons (Fsp3) is 0.300. The maximum atomic E-state index is 9.87. The first-order chi connectivity index (χ1) is 8.24. The summed E-state index contributed by atoms with van der Waals surface area (Å²) < 4.78 is 0. The third-order valence-electron chi connectivity index (χ3n) is 2.09. The van der Waals surface area contributed by atoms with Gasteiger partial charge in [-0.1, -0.05) is 0 Å². The number of nitrogens with zero attached hydrogens (tertiary/aromatic N) is 3. The van der Waals surface area contributed by atoms with Gasteiger partial charge in [-0.15, -0.1) is 0 Å². The van der Waals surface area contributed by atoms with E-state index in [1.807, 2.05) is 0 Å². The summed E-state index contributed by atoms with van der Waals surface area (Å²) in [7, 11) is 0. The Morgan fingerprint density at radius 1 is 1.29 bits per heavy atom. The summed E-state index contributed by atoms with van der Waals surface area (Å²) in [5, 5.41) is 19.8. The van der Waals surface area contributed by atoms with Gasteiger partial charge in [0.25, 0.3) is 0 Å². The molecule has 0 atom stereocenters. The predicted molar refractivity (Wildman–Crippen MR) is 57.1 cm³/mol. The van der Waals surface area contributed by atoms with Crippen LogP contribution in [0.15, 0.2) is 12.5 Å². The van der Waals surface area contributed by atoms with Crippen LogP contribution in [-0.4, -0.2) is 31.8 Å². The Labute approximate surface area is 96.6 Å². The minimum Gasteiger partial charge on any atom is -0.504 e.